The standard InChI is InChI=1S/C30H37FN8O3/c1-17(2)13-21-15-25(37-42-21)29(40)33-16-20-9-8-19(14-23(20)31)22-10-11-32-27-26(22)28(36-35-27)34-24-7-6-12-39(18(24)3)30(41)38(4)5/h8-11,14-15,17-18,24H,6-7,12-13,16H2,1-5H3,(H,33,40)(H2,32,34,35,36)/t18-,24-/m1/s1. The molecule has 1 fully saturated rings. The van der Waals surface area contributed by atoms with Crippen molar-refractivity contribution >= 4 is 28.8 Å². The molecule has 2 atom stereocenters. The predicted octanol–water partition coefficient (Wildman–Crippen LogP) is 4.83. The van der Waals surface area contributed by atoms with Crippen molar-refractivity contribution in [2.75, 3.05) is 26.0 Å². The highest BCUT2D eigenvalue weighted by atomic mass is 19.1. The molecular weight excluding hydrogens is 539 g/mol. The van der Waals surface area contributed by atoms with E-state index < -0.39 is 11.7 Å². The van der Waals surface area contributed by atoms with Crippen molar-refractivity contribution in [3.63, 3.8) is 0 Å². The van der Waals surface area contributed by atoms with Gasteiger partial charge >= 0.3 is 6.03 Å². The SMILES string of the molecule is CC(C)Cc1cc(C(=O)NCc2ccc(-c3ccnc4[nH]nc(N[C@@H]5CCCN(C(=O)N(C)C)[C@@H]5C)c34)cc2F)no1. The monoisotopic (exact) mass is 576 g/mol. The van der Waals surface area contributed by atoms with Crippen LogP contribution in [0.2, 0.25) is 0 Å². The first-order chi connectivity index (χ1) is 20.1. The first kappa shape index (κ1) is 29.0. The van der Waals surface area contributed by atoms with Crippen molar-refractivity contribution < 1.29 is 18.5 Å². The van der Waals surface area contributed by atoms with Crippen LogP contribution >= 0.6 is 0 Å². The smallest absolute Gasteiger partial charge is 0.319 e. The number of aromatic amines is 1. The Morgan fingerprint density at radius 3 is 2.79 bits per heavy atom. The summed E-state index contributed by atoms with van der Waals surface area (Å²) in [4.78, 5) is 33.1. The fourth-order valence-electron chi connectivity index (χ4n) is 5.38. The van der Waals surface area contributed by atoms with Gasteiger partial charge in [0.1, 0.15) is 11.6 Å². The largest absolute Gasteiger partial charge is 0.363 e. The van der Waals surface area contributed by atoms with Gasteiger partial charge in [0, 0.05) is 57.5 Å². The number of H-pyrrole nitrogens is 1. The number of nitrogens with zero attached hydrogens (tertiary/aromatic N) is 5. The van der Waals surface area contributed by atoms with Gasteiger partial charge in [-0.2, -0.15) is 5.10 Å². The number of amides is 3. The summed E-state index contributed by atoms with van der Waals surface area (Å²) in [6, 6.07) is 8.27. The zero-order valence-electron chi connectivity index (χ0n) is 24.6. The first-order valence-electron chi connectivity index (χ1n) is 14.2. The van der Waals surface area contributed by atoms with Crippen LogP contribution in [0.5, 0.6) is 0 Å². The number of anilines is 1. The van der Waals surface area contributed by atoms with Gasteiger partial charge in [0.15, 0.2) is 17.2 Å². The molecule has 4 heterocycles. The van der Waals surface area contributed by atoms with Gasteiger partial charge in [0.2, 0.25) is 0 Å². The molecule has 0 spiro atoms. The molecule has 11 nitrogen and oxygen atoms in total. The van der Waals surface area contributed by atoms with Gasteiger partial charge in [-0.15, -0.1) is 0 Å². The Hall–Kier alpha value is -4.48. The van der Waals surface area contributed by atoms with Crippen molar-refractivity contribution in [3.05, 3.63) is 59.4 Å². The zero-order chi connectivity index (χ0) is 30.0. The fourth-order valence-corrected chi connectivity index (χ4v) is 5.38. The van der Waals surface area contributed by atoms with Gasteiger partial charge in [0.05, 0.1) is 11.4 Å². The molecule has 3 N–H and O–H groups in total. The summed E-state index contributed by atoms with van der Waals surface area (Å²) >= 11 is 0. The molecule has 0 aliphatic carbocycles. The lowest BCUT2D eigenvalue weighted by atomic mass is 9.97. The molecule has 222 valence electrons. The number of hydrogen-bond donors (Lipinski definition) is 3. The normalized spacial score (nSPS) is 17.1. The highest BCUT2D eigenvalue weighted by Crippen LogP contribution is 2.34. The molecule has 12 heteroatoms. The third kappa shape index (κ3) is 6.07. The number of fused-ring (bicyclic) bond motifs is 1. The number of halogens is 1. The van der Waals surface area contributed by atoms with Gasteiger partial charge in [-0.05, 0) is 48.9 Å². The lowest BCUT2D eigenvalue weighted by Gasteiger charge is -2.40. The van der Waals surface area contributed by atoms with Crippen LogP contribution in [-0.4, -0.2) is 74.8 Å². The van der Waals surface area contributed by atoms with Crippen molar-refractivity contribution in [2.24, 2.45) is 5.92 Å². The molecule has 1 aliphatic rings. The maximum absolute atomic E-state index is 15.3. The average molecular weight is 577 g/mol. The van der Waals surface area contributed by atoms with E-state index in [4.69, 9.17) is 4.52 Å². The third-order valence-corrected chi connectivity index (χ3v) is 7.60. The van der Waals surface area contributed by atoms with Crippen LogP contribution in [0.1, 0.15) is 55.4 Å². The number of aromatic nitrogens is 4. The highest BCUT2D eigenvalue weighted by Gasteiger charge is 2.32. The molecule has 4 aromatic rings. The number of likely N-dealkylation sites (tertiary alicyclic amines) is 1. The molecule has 1 aliphatic heterocycles. The van der Waals surface area contributed by atoms with Crippen molar-refractivity contribution in [3.8, 4) is 11.1 Å². The second kappa shape index (κ2) is 12.2. The Morgan fingerprint density at radius 1 is 1.24 bits per heavy atom. The van der Waals surface area contributed by atoms with Gasteiger partial charge in [-0.1, -0.05) is 31.1 Å². The molecular formula is C30H37FN8O3. The Kier molecular flexibility index (Phi) is 8.41. The van der Waals surface area contributed by atoms with Crippen LogP contribution in [-0.2, 0) is 13.0 Å². The summed E-state index contributed by atoms with van der Waals surface area (Å²) in [5.74, 6) is 0.738. The van der Waals surface area contributed by atoms with Gasteiger partial charge < -0.3 is 25.0 Å². The van der Waals surface area contributed by atoms with Crippen LogP contribution in [0.4, 0.5) is 15.0 Å². The van der Waals surface area contributed by atoms with E-state index in [0.717, 1.165) is 23.8 Å². The molecule has 1 saturated heterocycles. The third-order valence-electron chi connectivity index (χ3n) is 7.60. The molecule has 5 rings (SSSR count). The minimum Gasteiger partial charge on any atom is -0.363 e. The van der Waals surface area contributed by atoms with E-state index in [0.29, 0.717) is 47.2 Å². The number of rotatable bonds is 8. The van der Waals surface area contributed by atoms with E-state index >= 15 is 4.39 Å². The summed E-state index contributed by atoms with van der Waals surface area (Å²) in [5.41, 5.74) is 2.49. The van der Waals surface area contributed by atoms with E-state index in [1.807, 2.05) is 24.0 Å². The van der Waals surface area contributed by atoms with Crippen LogP contribution in [0.3, 0.4) is 0 Å². The number of urea groups is 1. The molecule has 3 amide bonds. The minimum absolute atomic E-state index is 0.00330. The Bertz CT molecular complexity index is 1580. The summed E-state index contributed by atoms with van der Waals surface area (Å²) in [7, 11) is 3.51. The van der Waals surface area contributed by atoms with E-state index in [-0.39, 0.29) is 30.4 Å². The number of piperidine rings is 1. The molecule has 0 saturated carbocycles. The van der Waals surface area contributed by atoms with E-state index in [1.54, 1.807) is 37.3 Å². The number of pyridine rings is 1. The van der Waals surface area contributed by atoms with Crippen LogP contribution < -0.4 is 10.6 Å². The molecule has 0 radical (unpaired) electrons. The van der Waals surface area contributed by atoms with E-state index in [2.05, 4.69) is 44.8 Å². The molecule has 42 heavy (non-hydrogen) atoms. The summed E-state index contributed by atoms with van der Waals surface area (Å²) < 4.78 is 20.5. The first-order valence-corrected chi connectivity index (χ1v) is 14.2. The summed E-state index contributed by atoms with van der Waals surface area (Å²) in [6.07, 6.45) is 4.08. The van der Waals surface area contributed by atoms with Gasteiger partial charge in [-0.25, -0.2) is 14.2 Å². The maximum Gasteiger partial charge on any atom is 0.319 e. The zero-order valence-corrected chi connectivity index (χ0v) is 24.6. The summed E-state index contributed by atoms with van der Waals surface area (Å²) in [6.45, 7) is 6.84. The predicted molar refractivity (Wildman–Crippen MR) is 157 cm³/mol. The highest BCUT2D eigenvalue weighted by molar-refractivity contribution is 6.00. The second-order valence-electron chi connectivity index (χ2n) is 11.4. The van der Waals surface area contributed by atoms with Crippen LogP contribution in [0.25, 0.3) is 22.2 Å². The quantitative estimate of drug-likeness (QED) is 0.274. The number of carbonyl (C=O) groups excluding carboxylic acids is 2. The average Bonchev–Trinajstić information content (AvgIpc) is 3.59. The van der Waals surface area contributed by atoms with Crippen molar-refractivity contribution in [2.45, 2.75) is 58.7 Å². The molecule has 0 unspecified atom stereocenters. The fraction of sp³-hybridized carbons (Fsp3) is 0.433. The number of carbonyl (C=O) groups is 2. The topological polar surface area (TPSA) is 132 Å². The van der Waals surface area contributed by atoms with E-state index in [9.17, 15) is 9.59 Å². The van der Waals surface area contributed by atoms with Crippen LogP contribution in [0.15, 0.2) is 41.1 Å². The number of benzene rings is 1. The molecule has 0 bridgehead atoms. The summed E-state index contributed by atoms with van der Waals surface area (Å²) in [5, 5.41) is 18.3. The second-order valence-corrected chi connectivity index (χ2v) is 11.4. The van der Waals surface area contributed by atoms with Crippen molar-refractivity contribution in [1.29, 1.82) is 0 Å². The van der Waals surface area contributed by atoms with E-state index in [1.165, 1.54) is 6.07 Å². The maximum atomic E-state index is 15.3. The number of hydrogen-bond acceptors (Lipinski definition) is 7. The van der Waals surface area contributed by atoms with Gasteiger partial charge in [0.25, 0.3) is 5.91 Å². The Morgan fingerprint density at radius 2 is 2.05 bits per heavy atom. The van der Waals surface area contributed by atoms with Crippen molar-refractivity contribution in [1.82, 2.24) is 35.5 Å². The minimum atomic E-state index is -0.449. The molecule has 1 aromatic carbocycles. The lowest BCUT2D eigenvalue weighted by molar-refractivity contribution is 0.0941. The van der Waals surface area contributed by atoms with Crippen LogP contribution in [0, 0.1) is 11.7 Å². The lowest BCUT2D eigenvalue weighted by Crippen LogP contribution is -2.54. The Balaban J connectivity index is 1.33. The Labute approximate surface area is 243 Å². The molecule has 3 aromatic heterocycles. The van der Waals surface area contributed by atoms with Gasteiger partial charge in [-0.3, -0.25) is 9.89 Å². The number of nitrogens with one attached hydrogen (secondary N) is 3.